The Kier molecular flexibility index (Phi) is 3.74. The summed E-state index contributed by atoms with van der Waals surface area (Å²) in [6.45, 7) is 0. The van der Waals surface area contributed by atoms with E-state index in [-0.39, 0.29) is 11.8 Å². The molecule has 0 aliphatic heterocycles. The van der Waals surface area contributed by atoms with Crippen LogP contribution in [0.1, 0.15) is 16.8 Å². The predicted octanol–water partition coefficient (Wildman–Crippen LogP) is 1.05. The number of nitrogens with zero attached hydrogens (tertiary/aromatic N) is 1. The predicted molar refractivity (Wildman–Crippen MR) is 72.3 cm³/mol. The zero-order valence-corrected chi connectivity index (χ0v) is 11.3. The van der Waals surface area contributed by atoms with Crippen molar-refractivity contribution in [3.05, 3.63) is 29.8 Å². The van der Waals surface area contributed by atoms with Crippen LogP contribution in [0.5, 0.6) is 0 Å². The van der Waals surface area contributed by atoms with Gasteiger partial charge in [0.25, 0.3) is 5.91 Å². The number of rotatable bonds is 4. The molecule has 2 rings (SSSR count). The molecule has 1 aliphatic carbocycles. The third-order valence-corrected chi connectivity index (χ3v) is 3.23. The molecule has 0 unspecified atom stereocenters. The first-order valence-electron chi connectivity index (χ1n) is 6.25. The molecule has 0 spiro atoms. The molecule has 1 saturated carbocycles. The van der Waals surface area contributed by atoms with Crippen LogP contribution >= 0.6 is 0 Å². The number of aliphatic carboxylic acids is 1. The molecular formula is C14H16N2O4. The largest absolute Gasteiger partial charge is 0.481 e. The Bertz CT molecular complexity index is 568. The zero-order valence-electron chi connectivity index (χ0n) is 11.3. The van der Waals surface area contributed by atoms with Crippen molar-refractivity contribution in [3.8, 4) is 0 Å². The Morgan fingerprint density at radius 3 is 2.50 bits per heavy atom. The summed E-state index contributed by atoms with van der Waals surface area (Å²) in [5, 5.41) is 11.4. The van der Waals surface area contributed by atoms with Crippen LogP contribution in [0.2, 0.25) is 0 Å². The van der Waals surface area contributed by atoms with Crippen molar-refractivity contribution in [2.24, 2.45) is 11.8 Å². The van der Waals surface area contributed by atoms with E-state index in [1.54, 1.807) is 38.4 Å². The summed E-state index contributed by atoms with van der Waals surface area (Å²) in [6.07, 6.45) is 0.373. The van der Waals surface area contributed by atoms with Gasteiger partial charge in [0.05, 0.1) is 11.8 Å². The van der Waals surface area contributed by atoms with Gasteiger partial charge in [-0.25, -0.2) is 0 Å². The lowest BCUT2D eigenvalue weighted by Crippen LogP contribution is -2.22. The molecule has 6 nitrogen and oxygen atoms in total. The second kappa shape index (κ2) is 5.32. The Morgan fingerprint density at radius 1 is 1.25 bits per heavy atom. The van der Waals surface area contributed by atoms with Crippen molar-refractivity contribution in [3.63, 3.8) is 0 Å². The lowest BCUT2D eigenvalue weighted by molar-refractivity contribution is -0.139. The molecule has 2 atom stereocenters. The van der Waals surface area contributed by atoms with Crippen LogP contribution in [0.3, 0.4) is 0 Å². The maximum Gasteiger partial charge on any atom is 0.307 e. The monoisotopic (exact) mass is 276 g/mol. The first kappa shape index (κ1) is 14.0. The maximum absolute atomic E-state index is 11.8. The highest BCUT2D eigenvalue weighted by Gasteiger charge is 2.48. The number of amides is 2. The molecule has 1 aromatic carbocycles. The van der Waals surface area contributed by atoms with Crippen LogP contribution in [0, 0.1) is 11.8 Å². The van der Waals surface area contributed by atoms with E-state index < -0.39 is 17.8 Å². The molecule has 0 heterocycles. The minimum atomic E-state index is -0.943. The Balaban J connectivity index is 2.04. The van der Waals surface area contributed by atoms with Gasteiger partial charge < -0.3 is 15.3 Å². The Morgan fingerprint density at radius 2 is 1.95 bits per heavy atom. The van der Waals surface area contributed by atoms with E-state index in [0.29, 0.717) is 17.7 Å². The van der Waals surface area contributed by atoms with Gasteiger partial charge in [0.15, 0.2) is 0 Å². The van der Waals surface area contributed by atoms with Crippen LogP contribution in [0.25, 0.3) is 0 Å². The third kappa shape index (κ3) is 2.96. The SMILES string of the molecule is CN(C)C(=O)c1cccc(NC(=O)[C@@H]2C[C@@H]2C(=O)O)c1. The molecule has 0 bridgehead atoms. The van der Waals surface area contributed by atoms with Gasteiger partial charge in [0.2, 0.25) is 5.91 Å². The molecule has 1 fully saturated rings. The van der Waals surface area contributed by atoms with Crippen molar-refractivity contribution in [2.75, 3.05) is 19.4 Å². The number of hydrogen-bond acceptors (Lipinski definition) is 3. The Hall–Kier alpha value is -2.37. The molecule has 0 saturated heterocycles. The lowest BCUT2D eigenvalue weighted by atomic mass is 10.1. The maximum atomic E-state index is 11.8. The van der Waals surface area contributed by atoms with Crippen LogP contribution in [-0.4, -0.2) is 41.9 Å². The molecule has 1 aromatic rings. The minimum absolute atomic E-state index is 0.157. The summed E-state index contributed by atoms with van der Waals surface area (Å²) in [5.74, 6) is -2.47. The zero-order chi connectivity index (χ0) is 14.9. The van der Waals surface area contributed by atoms with Gasteiger partial charge in [-0.2, -0.15) is 0 Å². The lowest BCUT2D eigenvalue weighted by Gasteiger charge is -2.11. The van der Waals surface area contributed by atoms with Gasteiger partial charge >= 0.3 is 5.97 Å². The van der Waals surface area contributed by atoms with E-state index in [1.807, 2.05) is 0 Å². The number of anilines is 1. The fourth-order valence-electron chi connectivity index (χ4n) is 1.98. The van der Waals surface area contributed by atoms with E-state index in [0.717, 1.165) is 0 Å². The number of carboxylic acid groups (broad SMARTS) is 1. The van der Waals surface area contributed by atoms with Crippen molar-refractivity contribution < 1.29 is 19.5 Å². The van der Waals surface area contributed by atoms with E-state index in [4.69, 9.17) is 5.11 Å². The number of benzene rings is 1. The second-order valence-electron chi connectivity index (χ2n) is 5.06. The minimum Gasteiger partial charge on any atom is -0.481 e. The molecule has 6 heteroatoms. The summed E-state index contributed by atoms with van der Waals surface area (Å²) in [7, 11) is 3.30. The van der Waals surface area contributed by atoms with Crippen LogP contribution in [0.15, 0.2) is 24.3 Å². The standard InChI is InChI=1S/C14H16N2O4/c1-16(2)13(18)8-4-3-5-9(6-8)15-12(17)10-7-11(10)14(19)20/h3-6,10-11H,7H2,1-2H3,(H,15,17)(H,19,20)/t10-,11+/m1/s1. The smallest absolute Gasteiger partial charge is 0.307 e. The highest BCUT2D eigenvalue weighted by atomic mass is 16.4. The van der Waals surface area contributed by atoms with Crippen LogP contribution in [-0.2, 0) is 9.59 Å². The average molecular weight is 276 g/mol. The van der Waals surface area contributed by atoms with Gasteiger partial charge in [0, 0.05) is 25.3 Å². The number of carboxylic acids is 1. The molecule has 1 aliphatic rings. The van der Waals surface area contributed by atoms with Crippen molar-refractivity contribution in [1.82, 2.24) is 4.90 Å². The number of carbonyl (C=O) groups excluding carboxylic acids is 2. The highest BCUT2D eigenvalue weighted by Crippen LogP contribution is 2.39. The first-order valence-corrected chi connectivity index (χ1v) is 6.25. The molecular weight excluding hydrogens is 260 g/mol. The van der Waals surface area contributed by atoms with E-state index >= 15 is 0 Å². The molecule has 106 valence electrons. The van der Waals surface area contributed by atoms with Gasteiger partial charge in [-0.05, 0) is 24.6 Å². The fourth-order valence-corrected chi connectivity index (χ4v) is 1.98. The first-order chi connectivity index (χ1) is 9.40. The van der Waals surface area contributed by atoms with Gasteiger partial charge in [-0.15, -0.1) is 0 Å². The molecule has 2 N–H and O–H groups in total. The number of nitrogens with one attached hydrogen (secondary N) is 1. The van der Waals surface area contributed by atoms with Crippen molar-refractivity contribution in [2.45, 2.75) is 6.42 Å². The quantitative estimate of drug-likeness (QED) is 0.860. The number of carbonyl (C=O) groups is 3. The van der Waals surface area contributed by atoms with E-state index in [9.17, 15) is 14.4 Å². The summed E-state index contributed by atoms with van der Waals surface area (Å²) < 4.78 is 0. The average Bonchev–Trinajstić information content (AvgIpc) is 3.18. The topological polar surface area (TPSA) is 86.7 Å². The highest BCUT2D eigenvalue weighted by molar-refractivity contribution is 6.00. The van der Waals surface area contributed by atoms with E-state index in [1.165, 1.54) is 4.90 Å². The molecule has 20 heavy (non-hydrogen) atoms. The van der Waals surface area contributed by atoms with Gasteiger partial charge in [-0.3, -0.25) is 14.4 Å². The number of hydrogen-bond donors (Lipinski definition) is 2. The third-order valence-electron chi connectivity index (χ3n) is 3.23. The van der Waals surface area contributed by atoms with Gasteiger partial charge in [-0.1, -0.05) is 6.07 Å². The summed E-state index contributed by atoms with van der Waals surface area (Å²) in [4.78, 5) is 35.8. The second-order valence-corrected chi connectivity index (χ2v) is 5.06. The van der Waals surface area contributed by atoms with E-state index in [2.05, 4.69) is 5.32 Å². The normalized spacial score (nSPS) is 20.1. The fraction of sp³-hybridized carbons (Fsp3) is 0.357. The van der Waals surface area contributed by atoms with Crippen LogP contribution < -0.4 is 5.32 Å². The van der Waals surface area contributed by atoms with Crippen LogP contribution in [0.4, 0.5) is 5.69 Å². The molecule has 0 radical (unpaired) electrons. The molecule has 2 amide bonds. The van der Waals surface area contributed by atoms with Crippen molar-refractivity contribution >= 4 is 23.5 Å². The summed E-state index contributed by atoms with van der Waals surface area (Å²) in [5.41, 5.74) is 0.970. The Labute approximate surface area is 116 Å². The van der Waals surface area contributed by atoms with Gasteiger partial charge in [0.1, 0.15) is 0 Å². The summed E-state index contributed by atoms with van der Waals surface area (Å²) in [6, 6.07) is 6.59. The molecule has 0 aromatic heterocycles. The summed E-state index contributed by atoms with van der Waals surface area (Å²) >= 11 is 0. The van der Waals surface area contributed by atoms with Crippen molar-refractivity contribution in [1.29, 1.82) is 0 Å².